The largest absolute Gasteiger partial charge is 0.480 e. The number of hydrogen-bond donors (Lipinski definition) is 1. The van der Waals surface area contributed by atoms with Crippen LogP contribution in [0.25, 0.3) is 0 Å². The maximum Gasteiger partial charge on any atom is 0.326 e. The molecule has 0 aliphatic carbocycles. The highest BCUT2D eigenvalue weighted by Gasteiger charge is 2.43. The summed E-state index contributed by atoms with van der Waals surface area (Å²) in [6.45, 7) is 4.42. The molecule has 1 N–H and O–H groups in total. The van der Waals surface area contributed by atoms with Gasteiger partial charge in [0.1, 0.15) is 6.04 Å². The number of hydrogen-bond acceptors (Lipinski definition) is 2. The fourth-order valence-corrected chi connectivity index (χ4v) is 3.53. The lowest BCUT2D eigenvalue weighted by molar-refractivity contribution is -0.142. The van der Waals surface area contributed by atoms with Gasteiger partial charge in [0, 0.05) is 18.3 Å². The number of anilines is 1. The van der Waals surface area contributed by atoms with Crippen molar-refractivity contribution < 1.29 is 14.7 Å². The molecule has 3 atom stereocenters. The molecule has 1 aromatic rings. The quantitative estimate of drug-likeness (QED) is 0.863. The van der Waals surface area contributed by atoms with E-state index in [1.165, 1.54) is 4.90 Å². The normalized spacial score (nSPS) is 27.8. The number of carboxylic acid groups (broad SMARTS) is 1. The molecule has 0 bridgehead atoms. The van der Waals surface area contributed by atoms with Gasteiger partial charge in [-0.25, -0.2) is 9.59 Å². The molecule has 5 heteroatoms. The van der Waals surface area contributed by atoms with Crippen molar-refractivity contribution >= 4 is 17.7 Å². The average molecular weight is 288 g/mol. The molecule has 21 heavy (non-hydrogen) atoms. The first kappa shape index (κ1) is 13.9. The van der Waals surface area contributed by atoms with Crippen molar-refractivity contribution in [2.24, 2.45) is 5.92 Å². The highest BCUT2D eigenvalue weighted by atomic mass is 16.4. The van der Waals surface area contributed by atoms with Gasteiger partial charge in [0.15, 0.2) is 0 Å². The Labute approximate surface area is 124 Å². The van der Waals surface area contributed by atoms with Gasteiger partial charge in [-0.15, -0.1) is 0 Å². The first-order valence-corrected chi connectivity index (χ1v) is 7.41. The van der Waals surface area contributed by atoms with Crippen LogP contribution in [0.2, 0.25) is 0 Å². The van der Waals surface area contributed by atoms with Gasteiger partial charge in [-0.1, -0.05) is 25.1 Å². The van der Waals surface area contributed by atoms with Crippen LogP contribution < -0.4 is 4.90 Å². The van der Waals surface area contributed by atoms with Crippen molar-refractivity contribution in [3.8, 4) is 0 Å². The molecular formula is C16H20N2O3. The number of carbonyl (C=O) groups excluding carboxylic acids is 1. The van der Waals surface area contributed by atoms with E-state index in [1.807, 2.05) is 38.1 Å². The minimum Gasteiger partial charge on any atom is -0.480 e. The van der Waals surface area contributed by atoms with Crippen LogP contribution >= 0.6 is 0 Å². The maximum absolute atomic E-state index is 12.9. The molecule has 3 unspecified atom stereocenters. The van der Waals surface area contributed by atoms with Crippen LogP contribution in [0.5, 0.6) is 0 Å². The lowest BCUT2D eigenvalue weighted by Gasteiger charge is -2.31. The second-order valence-electron chi connectivity index (χ2n) is 6.08. The maximum atomic E-state index is 12.9. The Morgan fingerprint density at radius 3 is 2.67 bits per heavy atom. The Morgan fingerprint density at radius 1 is 1.24 bits per heavy atom. The van der Waals surface area contributed by atoms with Gasteiger partial charge in [-0.3, -0.25) is 4.90 Å². The summed E-state index contributed by atoms with van der Waals surface area (Å²) >= 11 is 0. The molecule has 1 fully saturated rings. The minimum atomic E-state index is -0.909. The van der Waals surface area contributed by atoms with E-state index in [9.17, 15) is 14.7 Å². The summed E-state index contributed by atoms with van der Waals surface area (Å²) in [5.74, 6) is -0.909. The molecule has 0 radical (unpaired) electrons. The first-order chi connectivity index (χ1) is 10.0. The lowest BCUT2D eigenvalue weighted by atomic mass is 10.0. The van der Waals surface area contributed by atoms with Gasteiger partial charge in [0.05, 0.1) is 0 Å². The van der Waals surface area contributed by atoms with Crippen molar-refractivity contribution in [3.05, 3.63) is 29.8 Å². The first-order valence-electron chi connectivity index (χ1n) is 7.41. The minimum absolute atomic E-state index is 0.000368. The third-order valence-corrected chi connectivity index (χ3v) is 4.61. The molecule has 1 saturated heterocycles. The standard InChI is InChI=1S/C16H20N2O3/c1-10-7-8-17(14(10)15(19)20)16(21)18-11(2)9-12-5-3-4-6-13(12)18/h3-6,10-11,14H,7-9H2,1-2H3,(H,19,20). The SMILES string of the molecule is CC1CCN(C(=O)N2c3ccccc3CC2C)C1C(=O)O. The van der Waals surface area contributed by atoms with Gasteiger partial charge in [0.2, 0.25) is 0 Å². The molecule has 5 nitrogen and oxygen atoms in total. The average Bonchev–Trinajstić information content (AvgIpc) is 2.97. The zero-order valence-corrected chi connectivity index (χ0v) is 12.3. The van der Waals surface area contributed by atoms with Crippen LogP contribution in [-0.2, 0) is 11.2 Å². The van der Waals surface area contributed by atoms with Crippen LogP contribution in [0.3, 0.4) is 0 Å². The third kappa shape index (κ3) is 2.17. The molecule has 2 aliphatic heterocycles. The molecular weight excluding hydrogens is 268 g/mol. The number of nitrogens with zero attached hydrogens (tertiary/aromatic N) is 2. The Kier molecular flexibility index (Phi) is 3.35. The van der Waals surface area contributed by atoms with Crippen LogP contribution in [0.1, 0.15) is 25.8 Å². The predicted molar refractivity (Wildman–Crippen MR) is 79.4 cm³/mol. The zero-order chi connectivity index (χ0) is 15.1. The molecule has 3 rings (SSSR count). The van der Waals surface area contributed by atoms with E-state index in [1.54, 1.807) is 4.90 Å². The number of rotatable bonds is 1. The molecule has 2 amide bonds. The van der Waals surface area contributed by atoms with Crippen LogP contribution in [0.15, 0.2) is 24.3 Å². The second kappa shape index (κ2) is 5.06. The van der Waals surface area contributed by atoms with Gasteiger partial charge < -0.3 is 10.0 Å². The van der Waals surface area contributed by atoms with Crippen molar-refractivity contribution in [3.63, 3.8) is 0 Å². The van der Waals surface area contributed by atoms with Crippen LogP contribution in [0, 0.1) is 5.92 Å². The van der Waals surface area contributed by atoms with E-state index < -0.39 is 12.0 Å². The van der Waals surface area contributed by atoms with E-state index in [0.717, 1.165) is 24.1 Å². The number of carboxylic acids is 1. The molecule has 2 heterocycles. The van der Waals surface area contributed by atoms with E-state index in [0.29, 0.717) is 6.54 Å². The number of carbonyl (C=O) groups is 2. The Morgan fingerprint density at radius 2 is 1.95 bits per heavy atom. The molecule has 0 saturated carbocycles. The smallest absolute Gasteiger partial charge is 0.326 e. The highest BCUT2D eigenvalue weighted by Crippen LogP contribution is 2.35. The predicted octanol–water partition coefficient (Wildman–Crippen LogP) is 2.35. The van der Waals surface area contributed by atoms with E-state index in [4.69, 9.17) is 0 Å². The number of amides is 2. The number of fused-ring (bicyclic) bond motifs is 1. The Bertz CT molecular complexity index is 587. The van der Waals surface area contributed by atoms with Crippen molar-refractivity contribution in [1.82, 2.24) is 4.90 Å². The van der Waals surface area contributed by atoms with Crippen LogP contribution in [-0.4, -0.2) is 40.6 Å². The number of likely N-dealkylation sites (tertiary alicyclic amines) is 1. The fourth-order valence-electron chi connectivity index (χ4n) is 3.53. The summed E-state index contributed by atoms with van der Waals surface area (Å²) in [5.41, 5.74) is 2.07. The topological polar surface area (TPSA) is 60.9 Å². The molecule has 0 spiro atoms. The summed E-state index contributed by atoms with van der Waals surface area (Å²) in [7, 11) is 0. The van der Waals surface area contributed by atoms with Gasteiger partial charge in [0.25, 0.3) is 0 Å². The van der Waals surface area contributed by atoms with Gasteiger partial charge >= 0.3 is 12.0 Å². The van der Waals surface area contributed by atoms with Gasteiger partial charge in [-0.05, 0) is 37.3 Å². The lowest BCUT2D eigenvalue weighted by Crippen LogP contribution is -2.51. The number of aliphatic carboxylic acids is 1. The van der Waals surface area contributed by atoms with Crippen LogP contribution in [0.4, 0.5) is 10.5 Å². The summed E-state index contributed by atoms with van der Waals surface area (Å²) < 4.78 is 0. The monoisotopic (exact) mass is 288 g/mol. The zero-order valence-electron chi connectivity index (χ0n) is 12.3. The van der Waals surface area contributed by atoms with Gasteiger partial charge in [-0.2, -0.15) is 0 Å². The summed E-state index contributed by atoms with van der Waals surface area (Å²) in [5, 5.41) is 9.39. The number of urea groups is 1. The van der Waals surface area contributed by atoms with E-state index in [-0.39, 0.29) is 18.0 Å². The van der Waals surface area contributed by atoms with E-state index in [2.05, 4.69) is 0 Å². The Hall–Kier alpha value is -2.04. The molecule has 1 aromatic carbocycles. The highest BCUT2D eigenvalue weighted by molar-refractivity contribution is 5.97. The molecule has 112 valence electrons. The van der Waals surface area contributed by atoms with Crippen molar-refractivity contribution in [2.75, 3.05) is 11.4 Å². The summed E-state index contributed by atoms with van der Waals surface area (Å²) in [6, 6.07) is 7.03. The second-order valence-corrected chi connectivity index (χ2v) is 6.08. The number of para-hydroxylation sites is 1. The summed E-state index contributed by atoms with van der Waals surface area (Å²) in [4.78, 5) is 27.6. The molecule has 2 aliphatic rings. The van der Waals surface area contributed by atoms with Crippen molar-refractivity contribution in [1.29, 1.82) is 0 Å². The third-order valence-electron chi connectivity index (χ3n) is 4.61. The van der Waals surface area contributed by atoms with E-state index >= 15 is 0 Å². The fraction of sp³-hybridized carbons (Fsp3) is 0.500. The summed E-state index contributed by atoms with van der Waals surface area (Å²) in [6.07, 6.45) is 1.57. The van der Waals surface area contributed by atoms with Crippen molar-refractivity contribution in [2.45, 2.75) is 38.8 Å². The number of benzene rings is 1. The molecule has 0 aromatic heterocycles. The Balaban J connectivity index is 1.90.